The molecule has 0 radical (unpaired) electrons. The van der Waals surface area contributed by atoms with Crippen LogP contribution in [0.15, 0.2) is 30.3 Å². The zero-order chi connectivity index (χ0) is 17.0. The van der Waals surface area contributed by atoms with Gasteiger partial charge in [0.05, 0.1) is 19.8 Å². The monoisotopic (exact) mass is 336 g/mol. The number of morpholine rings is 1. The lowest BCUT2D eigenvalue weighted by Crippen LogP contribution is -2.41. The van der Waals surface area contributed by atoms with Crippen LogP contribution in [0.1, 0.15) is 6.92 Å². The maximum Gasteiger partial charge on any atom is 0.246 e. The molecule has 0 aromatic heterocycles. The van der Waals surface area contributed by atoms with E-state index in [4.69, 9.17) is 14.2 Å². The number of hydrogen-bond donors (Lipinski definition) is 1. The van der Waals surface area contributed by atoms with Crippen molar-refractivity contribution in [2.24, 2.45) is 5.92 Å². The molecule has 24 heavy (non-hydrogen) atoms. The second-order valence-electron chi connectivity index (χ2n) is 6.04. The van der Waals surface area contributed by atoms with Gasteiger partial charge in [0.2, 0.25) is 5.91 Å². The van der Waals surface area contributed by atoms with Crippen molar-refractivity contribution in [2.45, 2.75) is 6.92 Å². The Kier molecular flexibility index (Phi) is 8.59. The Bertz CT molecular complexity index is 463. The van der Waals surface area contributed by atoms with Crippen molar-refractivity contribution in [1.82, 2.24) is 10.2 Å². The zero-order valence-electron chi connectivity index (χ0n) is 14.4. The average molecular weight is 336 g/mol. The zero-order valence-corrected chi connectivity index (χ0v) is 14.4. The third-order valence-electron chi connectivity index (χ3n) is 3.79. The third-order valence-corrected chi connectivity index (χ3v) is 3.79. The highest BCUT2D eigenvalue weighted by atomic mass is 16.5. The fourth-order valence-corrected chi connectivity index (χ4v) is 2.53. The summed E-state index contributed by atoms with van der Waals surface area (Å²) in [4.78, 5) is 14.1. The SMILES string of the molecule is C[C@@H](CNC(=O)COCCOc1ccccc1)CN1CCOCC1. The molecular weight excluding hydrogens is 308 g/mol. The minimum atomic E-state index is -0.0801. The van der Waals surface area contributed by atoms with Crippen LogP contribution in [0.25, 0.3) is 0 Å². The van der Waals surface area contributed by atoms with Gasteiger partial charge >= 0.3 is 0 Å². The molecule has 0 aliphatic carbocycles. The van der Waals surface area contributed by atoms with Crippen LogP contribution in [-0.2, 0) is 14.3 Å². The van der Waals surface area contributed by atoms with Crippen LogP contribution in [0.4, 0.5) is 0 Å². The van der Waals surface area contributed by atoms with E-state index in [1.165, 1.54) is 0 Å². The molecule has 1 N–H and O–H groups in total. The lowest BCUT2D eigenvalue weighted by atomic mass is 10.1. The first-order chi connectivity index (χ1) is 11.7. The van der Waals surface area contributed by atoms with Crippen LogP contribution in [0.5, 0.6) is 5.75 Å². The van der Waals surface area contributed by atoms with Gasteiger partial charge in [-0.25, -0.2) is 0 Å². The molecule has 0 bridgehead atoms. The number of amides is 1. The van der Waals surface area contributed by atoms with Crippen molar-refractivity contribution >= 4 is 5.91 Å². The van der Waals surface area contributed by atoms with Crippen molar-refractivity contribution in [3.8, 4) is 5.75 Å². The highest BCUT2D eigenvalue weighted by Gasteiger charge is 2.14. The van der Waals surface area contributed by atoms with Crippen molar-refractivity contribution in [3.63, 3.8) is 0 Å². The lowest BCUT2D eigenvalue weighted by molar-refractivity contribution is -0.126. The molecule has 0 spiro atoms. The Morgan fingerprint density at radius 2 is 2.00 bits per heavy atom. The highest BCUT2D eigenvalue weighted by Crippen LogP contribution is 2.07. The molecule has 1 atom stereocenters. The minimum absolute atomic E-state index is 0.0718. The van der Waals surface area contributed by atoms with Gasteiger partial charge < -0.3 is 19.5 Å². The number of carbonyl (C=O) groups excluding carboxylic acids is 1. The molecule has 2 rings (SSSR count). The summed E-state index contributed by atoms with van der Waals surface area (Å²) in [6.07, 6.45) is 0. The van der Waals surface area contributed by atoms with E-state index in [9.17, 15) is 4.79 Å². The molecular formula is C18H28N2O4. The van der Waals surface area contributed by atoms with Crippen LogP contribution in [0.3, 0.4) is 0 Å². The molecule has 1 aliphatic rings. The van der Waals surface area contributed by atoms with Gasteiger partial charge in [-0.2, -0.15) is 0 Å². The molecule has 6 heteroatoms. The summed E-state index contributed by atoms with van der Waals surface area (Å²) >= 11 is 0. The van der Waals surface area contributed by atoms with Crippen LogP contribution < -0.4 is 10.1 Å². The van der Waals surface area contributed by atoms with Gasteiger partial charge in [-0.05, 0) is 18.1 Å². The van der Waals surface area contributed by atoms with Crippen LogP contribution >= 0.6 is 0 Å². The first-order valence-electron chi connectivity index (χ1n) is 8.56. The van der Waals surface area contributed by atoms with Crippen LogP contribution in [0.2, 0.25) is 0 Å². The Hall–Kier alpha value is -1.63. The molecule has 1 aromatic rings. The highest BCUT2D eigenvalue weighted by molar-refractivity contribution is 5.77. The third kappa shape index (κ3) is 7.77. The number of carbonyl (C=O) groups is 1. The largest absolute Gasteiger partial charge is 0.491 e. The topological polar surface area (TPSA) is 60.0 Å². The summed E-state index contributed by atoms with van der Waals surface area (Å²) < 4.78 is 16.2. The van der Waals surface area contributed by atoms with Gasteiger partial charge in [-0.15, -0.1) is 0 Å². The molecule has 1 heterocycles. The molecule has 1 fully saturated rings. The number of para-hydroxylation sites is 1. The van der Waals surface area contributed by atoms with E-state index in [-0.39, 0.29) is 12.5 Å². The second kappa shape index (κ2) is 11.0. The van der Waals surface area contributed by atoms with Gasteiger partial charge in [0.25, 0.3) is 0 Å². The van der Waals surface area contributed by atoms with E-state index in [1.54, 1.807) is 0 Å². The molecule has 1 aromatic carbocycles. The molecule has 0 unspecified atom stereocenters. The number of ether oxygens (including phenoxy) is 3. The average Bonchev–Trinajstić information content (AvgIpc) is 2.61. The smallest absolute Gasteiger partial charge is 0.246 e. The van der Waals surface area contributed by atoms with E-state index in [0.717, 1.165) is 38.6 Å². The van der Waals surface area contributed by atoms with E-state index in [1.807, 2.05) is 30.3 Å². The Balaban J connectivity index is 1.47. The maximum absolute atomic E-state index is 11.8. The number of nitrogens with one attached hydrogen (secondary N) is 1. The van der Waals surface area contributed by atoms with Crippen molar-refractivity contribution in [3.05, 3.63) is 30.3 Å². The Morgan fingerprint density at radius 3 is 2.75 bits per heavy atom. The predicted molar refractivity (Wildman–Crippen MR) is 92.2 cm³/mol. The van der Waals surface area contributed by atoms with Gasteiger partial charge in [0.15, 0.2) is 0 Å². The number of nitrogens with zero attached hydrogens (tertiary/aromatic N) is 1. The van der Waals surface area contributed by atoms with Crippen LogP contribution in [0, 0.1) is 5.92 Å². The van der Waals surface area contributed by atoms with Crippen LogP contribution in [-0.4, -0.2) is 70.0 Å². The first kappa shape index (κ1) is 18.7. The van der Waals surface area contributed by atoms with Crippen molar-refractivity contribution in [2.75, 3.05) is 59.2 Å². The summed E-state index contributed by atoms with van der Waals surface area (Å²) in [7, 11) is 0. The summed E-state index contributed by atoms with van der Waals surface area (Å²) in [6.45, 7) is 8.25. The molecule has 1 saturated heterocycles. The fourth-order valence-electron chi connectivity index (χ4n) is 2.53. The van der Waals surface area contributed by atoms with Gasteiger partial charge in [0.1, 0.15) is 19.0 Å². The molecule has 6 nitrogen and oxygen atoms in total. The number of rotatable bonds is 10. The summed E-state index contributed by atoms with van der Waals surface area (Å²) in [6, 6.07) is 9.56. The molecule has 1 amide bonds. The standard InChI is InChI=1S/C18H28N2O4/c1-16(14-20-7-9-22-10-8-20)13-19-18(21)15-23-11-12-24-17-5-3-2-4-6-17/h2-6,16H,7-15H2,1H3,(H,19,21)/t16-/m0/s1. The molecule has 1 aliphatic heterocycles. The van der Waals surface area contributed by atoms with E-state index >= 15 is 0 Å². The van der Waals surface area contributed by atoms with Gasteiger partial charge in [-0.3, -0.25) is 9.69 Å². The Morgan fingerprint density at radius 1 is 1.25 bits per heavy atom. The summed E-state index contributed by atoms with van der Waals surface area (Å²) in [5.41, 5.74) is 0. The molecule has 134 valence electrons. The normalized spacial score (nSPS) is 16.5. The van der Waals surface area contributed by atoms with E-state index in [2.05, 4.69) is 17.1 Å². The maximum atomic E-state index is 11.8. The lowest BCUT2D eigenvalue weighted by Gasteiger charge is -2.29. The quantitative estimate of drug-likeness (QED) is 0.650. The Labute approximate surface area is 144 Å². The second-order valence-corrected chi connectivity index (χ2v) is 6.04. The van der Waals surface area contributed by atoms with E-state index < -0.39 is 0 Å². The minimum Gasteiger partial charge on any atom is -0.491 e. The van der Waals surface area contributed by atoms with Gasteiger partial charge in [-0.1, -0.05) is 25.1 Å². The predicted octanol–water partition coefficient (Wildman–Crippen LogP) is 1.17. The first-order valence-corrected chi connectivity index (χ1v) is 8.56. The number of hydrogen-bond acceptors (Lipinski definition) is 5. The van der Waals surface area contributed by atoms with Crippen molar-refractivity contribution < 1.29 is 19.0 Å². The van der Waals surface area contributed by atoms with E-state index in [0.29, 0.717) is 25.7 Å². The fraction of sp³-hybridized carbons (Fsp3) is 0.611. The molecule has 0 saturated carbocycles. The van der Waals surface area contributed by atoms with Crippen molar-refractivity contribution in [1.29, 1.82) is 0 Å². The summed E-state index contributed by atoms with van der Waals surface area (Å²) in [5.74, 6) is 1.14. The van der Waals surface area contributed by atoms with Gasteiger partial charge in [0, 0.05) is 26.2 Å². The summed E-state index contributed by atoms with van der Waals surface area (Å²) in [5, 5.41) is 2.92. The number of benzene rings is 1.